The van der Waals surface area contributed by atoms with Crippen LogP contribution in [0.3, 0.4) is 0 Å². The zero-order valence-electron chi connectivity index (χ0n) is 18.5. The van der Waals surface area contributed by atoms with E-state index in [1.54, 1.807) is 6.07 Å². The highest BCUT2D eigenvalue weighted by Crippen LogP contribution is 2.44. The van der Waals surface area contributed by atoms with Crippen LogP contribution in [0.1, 0.15) is 34.7 Å². The molecule has 4 aromatic rings. The standard InChI is InChI=1S/C26H21BrCl2N4S/c1-15-14-19(16(2)32(15)22-8-5-6-20(28)23(22)29)25-24(21-7-3-4-13-30-21)31-26(34)33(25)18-11-9-17(27)10-12-18/h3-14,24-25H,1-2H3,(H,31,34). The lowest BCUT2D eigenvalue weighted by Gasteiger charge is -2.28. The van der Waals surface area contributed by atoms with Crippen LogP contribution < -0.4 is 10.2 Å². The Labute approximate surface area is 222 Å². The summed E-state index contributed by atoms with van der Waals surface area (Å²) < 4.78 is 3.17. The van der Waals surface area contributed by atoms with Crippen LogP contribution in [0.4, 0.5) is 5.69 Å². The van der Waals surface area contributed by atoms with Gasteiger partial charge in [0.2, 0.25) is 0 Å². The third kappa shape index (κ3) is 4.03. The van der Waals surface area contributed by atoms with Gasteiger partial charge in [0.15, 0.2) is 5.11 Å². The van der Waals surface area contributed by atoms with E-state index < -0.39 is 0 Å². The molecule has 172 valence electrons. The van der Waals surface area contributed by atoms with Crippen molar-refractivity contribution < 1.29 is 0 Å². The Morgan fingerprint density at radius 1 is 1.00 bits per heavy atom. The molecular formula is C26H21BrCl2N4S. The first-order valence-electron chi connectivity index (χ1n) is 10.8. The lowest BCUT2D eigenvalue weighted by atomic mass is 9.96. The Morgan fingerprint density at radius 2 is 1.76 bits per heavy atom. The Hall–Kier alpha value is -2.38. The van der Waals surface area contributed by atoms with Gasteiger partial charge in [0.1, 0.15) is 0 Å². The maximum atomic E-state index is 6.62. The molecule has 1 fully saturated rings. The quantitative estimate of drug-likeness (QED) is 0.254. The number of thiocarbonyl (C=S) groups is 1. The van der Waals surface area contributed by atoms with Gasteiger partial charge in [-0.3, -0.25) is 4.98 Å². The van der Waals surface area contributed by atoms with Crippen LogP contribution in [-0.2, 0) is 0 Å². The molecular weight excluding hydrogens is 551 g/mol. The van der Waals surface area contributed by atoms with Crippen molar-refractivity contribution in [3.05, 3.63) is 110 Å². The lowest BCUT2D eigenvalue weighted by Crippen LogP contribution is -2.29. The topological polar surface area (TPSA) is 33.1 Å². The number of aryl methyl sites for hydroxylation is 1. The summed E-state index contributed by atoms with van der Waals surface area (Å²) in [6.07, 6.45) is 1.81. The van der Waals surface area contributed by atoms with Crippen molar-refractivity contribution in [2.45, 2.75) is 25.9 Å². The molecule has 8 heteroatoms. The highest BCUT2D eigenvalue weighted by Gasteiger charge is 2.42. The first-order valence-corrected chi connectivity index (χ1v) is 12.7. The van der Waals surface area contributed by atoms with Gasteiger partial charge in [-0.15, -0.1) is 0 Å². The van der Waals surface area contributed by atoms with Crippen LogP contribution in [0.2, 0.25) is 10.0 Å². The third-order valence-corrected chi connectivity index (χ3v) is 7.82. The van der Waals surface area contributed by atoms with Gasteiger partial charge in [0.05, 0.1) is 33.5 Å². The highest BCUT2D eigenvalue weighted by molar-refractivity contribution is 9.10. The van der Waals surface area contributed by atoms with Crippen molar-refractivity contribution in [2.75, 3.05) is 4.90 Å². The van der Waals surface area contributed by atoms with E-state index in [9.17, 15) is 0 Å². The van der Waals surface area contributed by atoms with Gasteiger partial charge >= 0.3 is 0 Å². The van der Waals surface area contributed by atoms with Crippen molar-refractivity contribution in [2.24, 2.45) is 0 Å². The van der Waals surface area contributed by atoms with Crippen LogP contribution >= 0.6 is 51.3 Å². The van der Waals surface area contributed by atoms with E-state index in [0.717, 1.165) is 38.5 Å². The second kappa shape index (κ2) is 9.34. The SMILES string of the molecule is Cc1cc(C2C(c3ccccn3)NC(=S)N2c2ccc(Br)cc2)c(C)n1-c1cccc(Cl)c1Cl. The lowest BCUT2D eigenvalue weighted by molar-refractivity contribution is 0.565. The van der Waals surface area contributed by atoms with Crippen LogP contribution in [0, 0.1) is 13.8 Å². The first kappa shape index (κ1) is 23.4. The molecule has 2 aromatic heterocycles. The van der Waals surface area contributed by atoms with E-state index in [0.29, 0.717) is 15.2 Å². The average Bonchev–Trinajstić information content (AvgIpc) is 3.32. The van der Waals surface area contributed by atoms with E-state index in [2.05, 4.69) is 67.7 Å². The van der Waals surface area contributed by atoms with Gasteiger partial charge in [-0.05, 0) is 86.2 Å². The summed E-state index contributed by atoms with van der Waals surface area (Å²) in [6, 6.07) is 21.8. The molecule has 0 bridgehead atoms. The molecule has 1 aliphatic heterocycles. The van der Waals surface area contributed by atoms with Crippen LogP contribution in [0.25, 0.3) is 5.69 Å². The van der Waals surface area contributed by atoms with Gasteiger partial charge in [0, 0.05) is 27.7 Å². The summed E-state index contributed by atoms with van der Waals surface area (Å²) in [4.78, 5) is 6.83. The molecule has 0 amide bonds. The third-order valence-electron chi connectivity index (χ3n) is 6.16. The number of nitrogens with zero attached hydrogens (tertiary/aromatic N) is 3. The Balaban J connectivity index is 1.70. The number of hydrogen-bond donors (Lipinski definition) is 1. The van der Waals surface area contributed by atoms with Crippen molar-refractivity contribution in [1.82, 2.24) is 14.9 Å². The van der Waals surface area contributed by atoms with E-state index in [-0.39, 0.29) is 12.1 Å². The molecule has 3 heterocycles. The highest BCUT2D eigenvalue weighted by atomic mass is 79.9. The molecule has 0 saturated carbocycles. The predicted molar refractivity (Wildman–Crippen MR) is 147 cm³/mol. The van der Waals surface area contributed by atoms with Crippen LogP contribution in [0.15, 0.2) is 77.4 Å². The smallest absolute Gasteiger partial charge is 0.174 e. The zero-order valence-corrected chi connectivity index (χ0v) is 22.4. The average molecular weight is 572 g/mol. The van der Waals surface area contributed by atoms with Crippen LogP contribution in [0.5, 0.6) is 0 Å². The number of aromatic nitrogens is 2. The molecule has 0 aliphatic carbocycles. The van der Waals surface area contributed by atoms with Gasteiger partial charge in [0.25, 0.3) is 0 Å². The molecule has 0 spiro atoms. The summed E-state index contributed by atoms with van der Waals surface area (Å²) in [7, 11) is 0. The number of pyridine rings is 1. The molecule has 5 rings (SSSR count). The number of anilines is 1. The first-order chi connectivity index (χ1) is 16.4. The Kier molecular flexibility index (Phi) is 6.42. The van der Waals surface area contributed by atoms with E-state index in [4.69, 9.17) is 35.4 Å². The zero-order chi connectivity index (χ0) is 24.0. The van der Waals surface area contributed by atoms with Crippen molar-refractivity contribution >= 4 is 62.1 Å². The summed E-state index contributed by atoms with van der Waals surface area (Å²) in [6.45, 7) is 4.18. The minimum Gasteiger partial charge on any atom is -0.351 e. The molecule has 2 unspecified atom stereocenters. The molecule has 0 radical (unpaired) electrons. The fourth-order valence-corrected chi connectivity index (χ4v) is 5.66. The maximum Gasteiger partial charge on any atom is 0.174 e. The second-order valence-electron chi connectivity index (χ2n) is 8.21. The fraction of sp³-hybridized carbons (Fsp3) is 0.154. The van der Waals surface area contributed by atoms with Crippen molar-refractivity contribution in [3.8, 4) is 5.69 Å². The van der Waals surface area contributed by atoms with Crippen molar-refractivity contribution in [3.63, 3.8) is 0 Å². The van der Waals surface area contributed by atoms with E-state index in [1.807, 2.05) is 48.7 Å². The van der Waals surface area contributed by atoms with E-state index in [1.165, 1.54) is 0 Å². The predicted octanol–water partition coefficient (Wildman–Crippen LogP) is 7.74. The Morgan fingerprint density at radius 3 is 2.47 bits per heavy atom. The summed E-state index contributed by atoms with van der Waals surface area (Å²) >= 11 is 22.4. The Bertz CT molecular complexity index is 1370. The molecule has 1 aliphatic rings. The monoisotopic (exact) mass is 570 g/mol. The van der Waals surface area contributed by atoms with Crippen LogP contribution in [-0.4, -0.2) is 14.7 Å². The molecule has 1 N–H and O–H groups in total. The number of hydrogen-bond acceptors (Lipinski definition) is 2. The van der Waals surface area contributed by atoms with Gasteiger partial charge in [-0.1, -0.05) is 51.3 Å². The number of nitrogens with one attached hydrogen (secondary N) is 1. The number of rotatable bonds is 4. The number of benzene rings is 2. The summed E-state index contributed by atoms with van der Waals surface area (Å²) in [5, 5.41) is 5.24. The van der Waals surface area contributed by atoms with Gasteiger partial charge in [-0.25, -0.2) is 0 Å². The second-order valence-corrected chi connectivity index (χ2v) is 10.3. The number of halogens is 3. The largest absolute Gasteiger partial charge is 0.351 e. The summed E-state index contributed by atoms with van der Waals surface area (Å²) in [5.74, 6) is 0. The minimum absolute atomic E-state index is 0.110. The molecule has 2 aromatic carbocycles. The maximum absolute atomic E-state index is 6.62. The molecule has 2 atom stereocenters. The summed E-state index contributed by atoms with van der Waals surface area (Å²) in [5.41, 5.74) is 6.06. The molecule has 4 nitrogen and oxygen atoms in total. The normalized spacial score (nSPS) is 17.8. The van der Waals surface area contributed by atoms with Gasteiger partial charge < -0.3 is 14.8 Å². The minimum atomic E-state index is -0.124. The molecule has 1 saturated heterocycles. The molecule has 34 heavy (non-hydrogen) atoms. The van der Waals surface area contributed by atoms with Gasteiger partial charge in [-0.2, -0.15) is 0 Å². The fourth-order valence-electron chi connectivity index (χ4n) is 4.67. The van der Waals surface area contributed by atoms with E-state index >= 15 is 0 Å². The van der Waals surface area contributed by atoms with Crippen molar-refractivity contribution in [1.29, 1.82) is 0 Å².